The predicted molar refractivity (Wildman–Crippen MR) is 83.6 cm³/mol. The molecule has 0 radical (unpaired) electrons. The van der Waals surface area contributed by atoms with Gasteiger partial charge in [-0.05, 0) is 23.9 Å². The van der Waals surface area contributed by atoms with Crippen molar-refractivity contribution in [2.45, 2.75) is 34.2 Å². The molecule has 0 saturated heterocycles. The Morgan fingerprint density at radius 1 is 1.26 bits per heavy atom. The van der Waals surface area contributed by atoms with E-state index in [-0.39, 0.29) is 0 Å². The molecule has 0 bridgehead atoms. The van der Waals surface area contributed by atoms with Gasteiger partial charge in [-0.3, -0.25) is 0 Å². The zero-order valence-electron chi connectivity index (χ0n) is 12.2. The molecule has 1 heterocycles. The molecule has 2 rings (SSSR count). The van der Waals surface area contributed by atoms with Crippen molar-refractivity contribution in [3.05, 3.63) is 35.0 Å². The summed E-state index contributed by atoms with van der Waals surface area (Å²) in [7, 11) is 0. The van der Waals surface area contributed by atoms with Crippen molar-refractivity contribution in [2.24, 2.45) is 11.3 Å². The lowest BCUT2D eigenvalue weighted by atomic mass is 9.82. The first kappa shape index (κ1) is 14.4. The minimum Gasteiger partial charge on any atom is -0.356 e. The van der Waals surface area contributed by atoms with Crippen LogP contribution in [-0.4, -0.2) is 11.5 Å². The molecule has 19 heavy (non-hydrogen) atoms. The number of benzene rings is 1. The number of nitrogens with one attached hydrogen (secondary N) is 2. The van der Waals surface area contributed by atoms with E-state index in [9.17, 15) is 0 Å². The Labute approximate surface area is 120 Å². The number of halogens is 1. The molecule has 2 nitrogen and oxygen atoms in total. The number of aromatic amines is 1. The highest BCUT2D eigenvalue weighted by Gasteiger charge is 2.19. The number of aromatic nitrogens is 1. The van der Waals surface area contributed by atoms with Gasteiger partial charge in [0.15, 0.2) is 0 Å². The SMILES string of the molecule is CC(CNCc1[nH]c2ccccc2c1Cl)C(C)(C)C. The standard InChI is InChI=1S/C16H23ClN2/c1-11(16(2,3)4)9-18-10-14-15(17)12-7-5-6-8-13(12)19-14/h5-8,11,18-19H,9-10H2,1-4H3. The summed E-state index contributed by atoms with van der Waals surface area (Å²) in [5, 5.41) is 5.44. The van der Waals surface area contributed by atoms with Crippen LogP contribution in [0.15, 0.2) is 24.3 Å². The van der Waals surface area contributed by atoms with Crippen molar-refractivity contribution in [2.75, 3.05) is 6.54 Å². The quantitative estimate of drug-likeness (QED) is 0.841. The molecule has 1 unspecified atom stereocenters. The fourth-order valence-corrected chi connectivity index (χ4v) is 2.28. The molecule has 0 fully saturated rings. The summed E-state index contributed by atoms with van der Waals surface area (Å²) in [6.07, 6.45) is 0. The monoisotopic (exact) mass is 278 g/mol. The Morgan fingerprint density at radius 3 is 2.58 bits per heavy atom. The molecule has 2 aromatic rings. The summed E-state index contributed by atoms with van der Waals surface area (Å²) < 4.78 is 0. The van der Waals surface area contributed by atoms with Crippen LogP contribution >= 0.6 is 11.6 Å². The van der Waals surface area contributed by atoms with E-state index in [0.29, 0.717) is 11.3 Å². The minimum absolute atomic E-state index is 0.331. The van der Waals surface area contributed by atoms with Crippen LogP contribution < -0.4 is 5.32 Å². The number of hydrogen-bond acceptors (Lipinski definition) is 1. The lowest BCUT2D eigenvalue weighted by molar-refractivity contribution is 0.252. The van der Waals surface area contributed by atoms with Gasteiger partial charge in [-0.25, -0.2) is 0 Å². The highest BCUT2D eigenvalue weighted by molar-refractivity contribution is 6.36. The van der Waals surface area contributed by atoms with Crippen LogP contribution in [0.5, 0.6) is 0 Å². The van der Waals surface area contributed by atoms with Crippen LogP contribution in [0, 0.1) is 11.3 Å². The number of hydrogen-bond donors (Lipinski definition) is 2. The van der Waals surface area contributed by atoms with Crippen molar-refractivity contribution in [3.63, 3.8) is 0 Å². The van der Waals surface area contributed by atoms with E-state index in [1.165, 1.54) is 0 Å². The Hall–Kier alpha value is -0.990. The van der Waals surface area contributed by atoms with Gasteiger partial charge in [0.25, 0.3) is 0 Å². The maximum atomic E-state index is 6.39. The van der Waals surface area contributed by atoms with Crippen molar-refractivity contribution in [1.82, 2.24) is 10.3 Å². The molecule has 0 saturated carbocycles. The number of H-pyrrole nitrogens is 1. The summed E-state index contributed by atoms with van der Waals surface area (Å²) in [4.78, 5) is 3.38. The lowest BCUT2D eigenvalue weighted by Crippen LogP contribution is -2.29. The van der Waals surface area contributed by atoms with Crippen LogP contribution in [0.25, 0.3) is 10.9 Å². The Balaban J connectivity index is 2.01. The summed E-state index contributed by atoms with van der Waals surface area (Å²) in [5.74, 6) is 0.621. The van der Waals surface area contributed by atoms with Gasteiger partial charge in [0.1, 0.15) is 0 Å². The van der Waals surface area contributed by atoms with E-state index in [2.05, 4.69) is 50.1 Å². The van der Waals surface area contributed by atoms with E-state index < -0.39 is 0 Å². The van der Waals surface area contributed by atoms with E-state index >= 15 is 0 Å². The zero-order valence-corrected chi connectivity index (χ0v) is 12.9. The summed E-state index contributed by atoms with van der Waals surface area (Å²) >= 11 is 6.39. The molecule has 0 aliphatic carbocycles. The van der Waals surface area contributed by atoms with Gasteiger partial charge in [-0.15, -0.1) is 0 Å². The second-order valence-electron chi connectivity index (χ2n) is 6.36. The third-order valence-electron chi connectivity index (χ3n) is 3.94. The van der Waals surface area contributed by atoms with Crippen LogP contribution in [0.3, 0.4) is 0 Å². The number of para-hydroxylation sites is 1. The Kier molecular flexibility index (Phi) is 4.22. The molecular weight excluding hydrogens is 256 g/mol. The summed E-state index contributed by atoms with van der Waals surface area (Å²) in [5.41, 5.74) is 2.51. The maximum Gasteiger partial charge on any atom is 0.0705 e. The largest absolute Gasteiger partial charge is 0.356 e. The molecule has 1 aromatic heterocycles. The zero-order chi connectivity index (χ0) is 14.0. The first-order valence-electron chi connectivity index (χ1n) is 6.85. The first-order valence-corrected chi connectivity index (χ1v) is 7.23. The van der Waals surface area contributed by atoms with Crippen molar-refractivity contribution >= 4 is 22.5 Å². The second kappa shape index (κ2) is 5.56. The molecule has 0 spiro atoms. The van der Waals surface area contributed by atoms with Crippen LogP contribution in [-0.2, 0) is 6.54 Å². The lowest BCUT2D eigenvalue weighted by Gasteiger charge is -2.27. The number of fused-ring (bicyclic) bond motifs is 1. The molecule has 0 aliphatic heterocycles. The normalized spacial score (nSPS) is 13.9. The fourth-order valence-electron chi connectivity index (χ4n) is 2.01. The molecule has 104 valence electrons. The van der Waals surface area contributed by atoms with Crippen molar-refractivity contribution < 1.29 is 0 Å². The molecule has 1 atom stereocenters. The first-order chi connectivity index (χ1) is 8.89. The topological polar surface area (TPSA) is 27.8 Å². The summed E-state index contributed by atoms with van der Waals surface area (Å²) in [6, 6.07) is 8.15. The van der Waals surface area contributed by atoms with Gasteiger partial charge in [0.2, 0.25) is 0 Å². The average Bonchev–Trinajstić information content (AvgIpc) is 2.66. The third kappa shape index (κ3) is 3.31. The van der Waals surface area contributed by atoms with E-state index in [1.54, 1.807) is 0 Å². The molecular formula is C16H23ClN2. The molecule has 2 N–H and O–H groups in total. The second-order valence-corrected chi connectivity index (χ2v) is 6.74. The van der Waals surface area contributed by atoms with Gasteiger partial charge < -0.3 is 10.3 Å². The van der Waals surface area contributed by atoms with E-state index in [4.69, 9.17) is 11.6 Å². The van der Waals surface area contributed by atoms with Gasteiger partial charge in [-0.2, -0.15) is 0 Å². The van der Waals surface area contributed by atoms with E-state index in [0.717, 1.165) is 34.7 Å². The third-order valence-corrected chi connectivity index (χ3v) is 4.38. The van der Waals surface area contributed by atoms with Crippen LogP contribution in [0.4, 0.5) is 0 Å². The highest BCUT2D eigenvalue weighted by atomic mass is 35.5. The highest BCUT2D eigenvalue weighted by Crippen LogP contribution is 2.27. The van der Waals surface area contributed by atoms with E-state index in [1.807, 2.05) is 12.1 Å². The maximum absolute atomic E-state index is 6.39. The molecule has 0 aliphatic rings. The molecule has 0 amide bonds. The van der Waals surface area contributed by atoms with Crippen molar-refractivity contribution in [1.29, 1.82) is 0 Å². The Morgan fingerprint density at radius 2 is 1.95 bits per heavy atom. The molecule has 1 aromatic carbocycles. The predicted octanol–water partition coefficient (Wildman–Crippen LogP) is 4.59. The Bertz CT molecular complexity index is 551. The summed E-state index contributed by atoms with van der Waals surface area (Å²) in [6.45, 7) is 10.9. The van der Waals surface area contributed by atoms with Gasteiger partial charge in [-0.1, -0.05) is 57.5 Å². The van der Waals surface area contributed by atoms with Gasteiger partial charge in [0, 0.05) is 23.1 Å². The minimum atomic E-state index is 0.331. The number of rotatable bonds is 4. The van der Waals surface area contributed by atoms with Gasteiger partial charge in [0.05, 0.1) is 5.02 Å². The van der Waals surface area contributed by atoms with Crippen molar-refractivity contribution in [3.8, 4) is 0 Å². The van der Waals surface area contributed by atoms with Crippen LogP contribution in [0.2, 0.25) is 5.02 Å². The average molecular weight is 279 g/mol. The smallest absolute Gasteiger partial charge is 0.0705 e. The van der Waals surface area contributed by atoms with Gasteiger partial charge >= 0.3 is 0 Å². The fraction of sp³-hybridized carbons (Fsp3) is 0.500. The van der Waals surface area contributed by atoms with Crippen LogP contribution in [0.1, 0.15) is 33.4 Å². The molecule has 3 heteroatoms.